The standard InChI is InChI=1S/C23H24ClFN4OS/c1-16(17-3-5-18(25)6-4-17)29(22-15-21(24)26-23(27-22)31-2)20-9-7-19(8-10-20)28-11-13-30-14-12-28/h3-10,15-16H,11-14H2,1-2H3. The molecule has 2 heterocycles. The molecule has 8 heteroatoms. The number of morpholine rings is 1. The summed E-state index contributed by atoms with van der Waals surface area (Å²) >= 11 is 7.74. The maximum atomic E-state index is 13.5. The summed E-state index contributed by atoms with van der Waals surface area (Å²) in [4.78, 5) is 13.4. The highest BCUT2D eigenvalue weighted by atomic mass is 35.5. The fourth-order valence-corrected chi connectivity index (χ4v) is 4.29. The van der Waals surface area contributed by atoms with E-state index in [-0.39, 0.29) is 11.9 Å². The Morgan fingerprint density at radius 1 is 1.06 bits per heavy atom. The molecule has 0 bridgehead atoms. The third-order valence-corrected chi connectivity index (χ3v) is 6.08. The van der Waals surface area contributed by atoms with Crippen LogP contribution in [-0.2, 0) is 4.74 Å². The van der Waals surface area contributed by atoms with Gasteiger partial charge < -0.3 is 14.5 Å². The normalized spacial score (nSPS) is 15.0. The van der Waals surface area contributed by atoms with Crippen LogP contribution in [0, 0.1) is 5.82 Å². The molecule has 0 N–H and O–H groups in total. The topological polar surface area (TPSA) is 41.5 Å². The van der Waals surface area contributed by atoms with Crippen molar-refractivity contribution in [2.24, 2.45) is 0 Å². The molecule has 1 unspecified atom stereocenters. The van der Waals surface area contributed by atoms with Gasteiger partial charge in [-0.3, -0.25) is 0 Å². The number of anilines is 3. The van der Waals surface area contributed by atoms with E-state index in [9.17, 15) is 4.39 Å². The Morgan fingerprint density at radius 2 is 1.74 bits per heavy atom. The summed E-state index contributed by atoms with van der Waals surface area (Å²) in [6, 6.07) is 16.6. The van der Waals surface area contributed by atoms with Crippen molar-refractivity contribution in [3.8, 4) is 0 Å². The van der Waals surface area contributed by atoms with Crippen LogP contribution in [0.1, 0.15) is 18.5 Å². The lowest BCUT2D eigenvalue weighted by atomic mass is 10.1. The van der Waals surface area contributed by atoms with Gasteiger partial charge in [-0.2, -0.15) is 0 Å². The summed E-state index contributed by atoms with van der Waals surface area (Å²) in [5.74, 6) is 0.437. The summed E-state index contributed by atoms with van der Waals surface area (Å²) in [6.07, 6.45) is 1.92. The van der Waals surface area contributed by atoms with E-state index >= 15 is 0 Å². The number of hydrogen-bond acceptors (Lipinski definition) is 6. The van der Waals surface area contributed by atoms with Gasteiger partial charge in [0.15, 0.2) is 5.16 Å². The van der Waals surface area contributed by atoms with Gasteiger partial charge in [0.05, 0.1) is 19.3 Å². The monoisotopic (exact) mass is 458 g/mol. The van der Waals surface area contributed by atoms with Gasteiger partial charge >= 0.3 is 0 Å². The zero-order valence-electron chi connectivity index (χ0n) is 17.5. The van der Waals surface area contributed by atoms with Crippen LogP contribution < -0.4 is 9.80 Å². The smallest absolute Gasteiger partial charge is 0.190 e. The Labute approximate surface area is 191 Å². The number of ether oxygens (including phenoxy) is 1. The molecule has 3 aromatic rings. The van der Waals surface area contributed by atoms with Crippen LogP contribution in [0.3, 0.4) is 0 Å². The predicted molar refractivity (Wildman–Crippen MR) is 125 cm³/mol. The SMILES string of the molecule is CSc1nc(Cl)cc(N(c2ccc(N3CCOCC3)cc2)C(C)c2ccc(F)cc2)n1. The molecule has 4 rings (SSSR count). The van der Waals surface area contributed by atoms with Gasteiger partial charge in [0.1, 0.15) is 16.8 Å². The zero-order chi connectivity index (χ0) is 21.8. The molecule has 2 aromatic carbocycles. The van der Waals surface area contributed by atoms with Crippen LogP contribution in [-0.4, -0.2) is 42.5 Å². The van der Waals surface area contributed by atoms with E-state index in [1.165, 1.54) is 23.9 Å². The van der Waals surface area contributed by atoms with Gasteiger partial charge in [-0.25, -0.2) is 14.4 Å². The van der Waals surface area contributed by atoms with Crippen LogP contribution in [0.4, 0.5) is 21.6 Å². The lowest BCUT2D eigenvalue weighted by molar-refractivity contribution is 0.122. The van der Waals surface area contributed by atoms with E-state index in [4.69, 9.17) is 21.3 Å². The Bertz CT molecular complexity index is 1010. The number of hydrogen-bond donors (Lipinski definition) is 0. The minimum atomic E-state index is -0.257. The molecule has 1 atom stereocenters. The molecule has 0 radical (unpaired) electrons. The van der Waals surface area contributed by atoms with Crippen LogP contribution in [0.25, 0.3) is 0 Å². The molecule has 0 spiro atoms. The summed E-state index contributed by atoms with van der Waals surface area (Å²) < 4.78 is 19.0. The highest BCUT2D eigenvalue weighted by molar-refractivity contribution is 7.98. The van der Waals surface area contributed by atoms with Gasteiger partial charge in [0.2, 0.25) is 0 Å². The van der Waals surface area contributed by atoms with Crippen molar-refractivity contribution in [2.45, 2.75) is 18.1 Å². The Morgan fingerprint density at radius 3 is 2.39 bits per heavy atom. The van der Waals surface area contributed by atoms with E-state index in [1.54, 1.807) is 18.2 Å². The first-order chi connectivity index (χ1) is 15.0. The summed E-state index contributed by atoms with van der Waals surface area (Å²) in [6.45, 7) is 5.32. The Hall–Kier alpha value is -2.35. The molecular weight excluding hydrogens is 435 g/mol. The molecule has 1 aliphatic rings. The highest BCUT2D eigenvalue weighted by Crippen LogP contribution is 2.36. The van der Waals surface area contributed by atoms with Crippen molar-refractivity contribution >= 4 is 40.6 Å². The molecule has 162 valence electrons. The first-order valence-corrected chi connectivity index (χ1v) is 11.7. The summed E-state index contributed by atoms with van der Waals surface area (Å²) in [7, 11) is 0. The molecule has 1 saturated heterocycles. The largest absolute Gasteiger partial charge is 0.378 e. The minimum Gasteiger partial charge on any atom is -0.378 e. The maximum Gasteiger partial charge on any atom is 0.190 e. The number of aromatic nitrogens is 2. The van der Waals surface area contributed by atoms with Gasteiger partial charge in [0.25, 0.3) is 0 Å². The average molecular weight is 459 g/mol. The molecular formula is C23H24ClFN4OS. The van der Waals surface area contributed by atoms with Crippen molar-refractivity contribution in [3.05, 3.63) is 71.1 Å². The molecule has 1 aromatic heterocycles. The number of benzene rings is 2. The predicted octanol–water partition coefficient (Wildman–Crippen LogP) is 5.73. The lowest BCUT2D eigenvalue weighted by Crippen LogP contribution is -2.36. The second-order valence-corrected chi connectivity index (χ2v) is 8.41. The van der Waals surface area contributed by atoms with Gasteiger partial charge in [-0.1, -0.05) is 35.5 Å². The first-order valence-electron chi connectivity index (χ1n) is 10.1. The maximum absolute atomic E-state index is 13.5. The van der Waals surface area contributed by atoms with E-state index in [1.807, 2.05) is 6.26 Å². The van der Waals surface area contributed by atoms with Crippen molar-refractivity contribution < 1.29 is 9.13 Å². The number of nitrogens with zero attached hydrogens (tertiary/aromatic N) is 4. The third kappa shape index (κ3) is 5.11. The van der Waals surface area contributed by atoms with Crippen molar-refractivity contribution in [2.75, 3.05) is 42.4 Å². The molecule has 1 fully saturated rings. The Balaban J connectivity index is 1.73. The zero-order valence-corrected chi connectivity index (χ0v) is 19.0. The summed E-state index contributed by atoms with van der Waals surface area (Å²) in [5.41, 5.74) is 3.10. The summed E-state index contributed by atoms with van der Waals surface area (Å²) in [5, 5.41) is 0.985. The second kappa shape index (κ2) is 9.85. The molecule has 0 aliphatic carbocycles. The molecule has 1 aliphatic heterocycles. The fraction of sp³-hybridized carbons (Fsp3) is 0.304. The van der Waals surface area contributed by atoms with Gasteiger partial charge in [0, 0.05) is 30.5 Å². The highest BCUT2D eigenvalue weighted by Gasteiger charge is 2.22. The minimum absolute atomic E-state index is 0.101. The van der Waals surface area contributed by atoms with Crippen LogP contribution >= 0.6 is 23.4 Å². The van der Waals surface area contributed by atoms with E-state index < -0.39 is 0 Å². The molecule has 5 nitrogen and oxygen atoms in total. The quantitative estimate of drug-likeness (QED) is 0.267. The fourth-order valence-electron chi connectivity index (χ4n) is 3.69. The van der Waals surface area contributed by atoms with Crippen LogP contribution in [0.2, 0.25) is 5.15 Å². The molecule has 0 saturated carbocycles. The number of rotatable bonds is 6. The number of thioether (sulfide) groups is 1. The van der Waals surface area contributed by atoms with Gasteiger partial charge in [-0.15, -0.1) is 0 Å². The third-order valence-electron chi connectivity index (χ3n) is 5.33. The lowest BCUT2D eigenvalue weighted by Gasteiger charge is -2.32. The van der Waals surface area contributed by atoms with E-state index in [0.717, 1.165) is 43.2 Å². The average Bonchev–Trinajstić information content (AvgIpc) is 2.80. The van der Waals surface area contributed by atoms with Crippen LogP contribution in [0.5, 0.6) is 0 Å². The van der Waals surface area contributed by atoms with E-state index in [2.05, 4.69) is 46.0 Å². The Kier molecular flexibility index (Phi) is 6.95. The number of halogens is 2. The van der Waals surface area contributed by atoms with Crippen molar-refractivity contribution in [1.29, 1.82) is 0 Å². The van der Waals surface area contributed by atoms with Crippen molar-refractivity contribution in [1.82, 2.24) is 9.97 Å². The second-order valence-electron chi connectivity index (χ2n) is 7.25. The van der Waals surface area contributed by atoms with Gasteiger partial charge in [-0.05, 0) is 55.1 Å². The molecule has 0 amide bonds. The molecule has 31 heavy (non-hydrogen) atoms. The van der Waals surface area contributed by atoms with Crippen molar-refractivity contribution in [3.63, 3.8) is 0 Å². The van der Waals surface area contributed by atoms with E-state index in [0.29, 0.717) is 16.1 Å². The first kappa shape index (κ1) is 21.9. The van der Waals surface area contributed by atoms with Crippen LogP contribution in [0.15, 0.2) is 59.8 Å².